The van der Waals surface area contributed by atoms with Gasteiger partial charge in [0.15, 0.2) is 0 Å². The third-order valence-electron chi connectivity index (χ3n) is 1.96. The van der Waals surface area contributed by atoms with Crippen LogP contribution >= 0.6 is 0 Å². The molecule has 0 aromatic heterocycles. The molecule has 0 spiro atoms. The van der Waals surface area contributed by atoms with Crippen LogP contribution in [0.15, 0.2) is 18.2 Å². The predicted octanol–water partition coefficient (Wildman–Crippen LogP) is 1.94. The Bertz CT molecular complexity index is 332. The molecule has 76 valence electrons. The van der Waals surface area contributed by atoms with E-state index in [-0.39, 0.29) is 12.3 Å². The van der Waals surface area contributed by atoms with Crippen LogP contribution in [0, 0.1) is 11.6 Å². The van der Waals surface area contributed by atoms with Crippen LogP contribution in [-0.2, 0) is 4.79 Å². The molecule has 0 saturated carbocycles. The highest BCUT2D eigenvalue weighted by molar-refractivity contribution is 5.74. The van der Waals surface area contributed by atoms with Crippen LogP contribution in [0.5, 0.6) is 0 Å². The fourth-order valence-corrected chi connectivity index (χ4v) is 1.28. The van der Waals surface area contributed by atoms with Gasteiger partial charge in [-0.25, -0.2) is 8.78 Å². The summed E-state index contributed by atoms with van der Waals surface area (Å²) in [7, 11) is 0. The highest BCUT2D eigenvalue weighted by Crippen LogP contribution is 2.20. The molecule has 1 aromatic carbocycles. The molecular weight excluding hydrogens is 188 g/mol. The lowest BCUT2D eigenvalue weighted by Gasteiger charge is -2.09. The predicted molar refractivity (Wildman–Crippen MR) is 48.6 cm³/mol. The number of hydrogen-bond acceptors (Lipinski definition) is 1. The molecule has 4 heteroatoms. The van der Waals surface area contributed by atoms with Gasteiger partial charge in [-0.2, -0.15) is 0 Å². The number of halogens is 2. The summed E-state index contributed by atoms with van der Waals surface area (Å²) in [6, 6.07) is 3.20. The van der Waals surface area contributed by atoms with Crippen LogP contribution in [0.3, 0.4) is 0 Å². The van der Waals surface area contributed by atoms with Gasteiger partial charge in [0, 0.05) is 12.5 Å². The minimum Gasteiger partial charge on any atom is -0.370 e. The van der Waals surface area contributed by atoms with Crippen molar-refractivity contribution in [3.63, 3.8) is 0 Å². The molecule has 1 amide bonds. The van der Waals surface area contributed by atoms with Crippen molar-refractivity contribution in [2.45, 2.75) is 19.3 Å². The van der Waals surface area contributed by atoms with Gasteiger partial charge in [0.25, 0.3) is 0 Å². The number of carbonyl (C=O) groups is 1. The number of benzene rings is 1. The van der Waals surface area contributed by atoms with E-state index in [1.165, 1.54) is 12.1 Å². The Morgan fingerprint density at radius 1 is 1.36 bits per heavy atom. The molecule has 0 radical (unpaired) electrons. The molecule has 2 nitrogen and oxygen atoms in total. The van der Waals surface area contributed by atoms with Crippen LogP contribution in [-0.4, -0.2) is 5.91 Å². The molecule has 1 aromatic rings. The zero-order chi connectivity index (χ0) is 10.7. The van der Waals surface area contributed by atoms with Crippen molar-refractivity contribution < 1.29 is 13.6 Å². The number of amides is 1. The second kappa shape index (κ2) is 4.17. The quantitative estimate of drug-likeness (QED) is 0.794. The maximum absolute atomic E-state index is 12.8. The minimum atomic E-state index is -0.642. The van der Waals surface area contributed by atoms with Gasteiger partial charge in [-0.05, 0) is 23.6 Å². The molecule has 0 heterocycles. The first kappa shape index (κ1) is 10.6. The second-order valence-electron chi connectivity index (χ2n) is 3.27. The Labute approximate surface area is 80.7 Å². The lowest BCUT2D eigenvalue weighted by Crippen LogP contribution is -2.13. The lowest BCUT2D eigenvalue weighted by molar-refractivity contribution is -0.118. The van der Waals surface area contributed by atoms with Crippen LogP contribution in [0.4, 0.5) is 8.78 Å². The molecule has 0 fully saturated rings. The maximum Gasteiger partial charge on any atom is 0.218 e. The van der Waals surface area contributed by atoms with E-state index >= 15 is 0 Å². The molecule has 0 aliphatic heterocycles. The van der Waals surface area contributed by atoms with E-state index in [1.807, 2.05) is 0 Å². The SMILES string of the molecule is CC(CC(N)=O)c1cc(F)cc(F)c1. The Morgan fingerprint density at radius 3 is 2.29 bits per heavy atom. The monoisotopic (exact) mass is 199 g/mol. The third kappa shape index (κ3) is 2.80. The van der Waals surface area contributed by atoms with Gasteiger partial charge in [-0.1, -0.05) is 6.92 Å². The Kier molecular flexibility index (Phi) is 3.17. The van der Waals surface area contributed by atoms with Crippen LogP contribution in [0.1, 0.15) is 24.8 Å². The van der Waals surface area contributed by atoms with Crippen molar-refractivity contribution in [3.05, 3.63) is 35.4 Å². The summed E-state index contributed by atoms with van der Waals surface area (Å²) in [6.07, 6.45) is 0.0862. The van der Waals surface area contributed by atoms with Gasteiger partial charge in [0.2, 0.25) is 5.91 Å². The van der Waals surface area contributed by atoms with E-state index in [1.54, 1.807) is 6.92 Å². The normalized spacial score (nSPS) is 12.5. The van der Waals surface area contributed by atoms with E-state index in [0.717, 1.165) is 6.07 Å². The van der Waals surface area contributed by atoms with Gasteiger partial charge >= 0.3 is 0 Å². The Balaban J connectivity index is 2.89. The number of rotatable bonds is 3. The molecule has 1 rings (SSSR count). The average Bonchev–Trinajstić information content (AvgIpc) is 2.00. The molecular formula is C10H11F2NO. The molecule has 1 unspecified atom stereocenters. The van der Waals surface area contributed by atoms with Gasteiger partial charge in [0.1, 0.15) is 11.6 Å². The average molecular weight is 199 g/mol. The fraction of sp³-hybridized carbons (Fsp3) is 0.300. The summed E-state index contributed by atoms with van der Waals surface area (Å²) in [5, 5.41) is 0. The standard InChI is InChI=1S/C10H11F2NO/c1-6(2-10(13)14)7-3-8(11)5-9(12)4-7/h3-6H,2H2,1H3,(H2,13,14). The largest absolute Gasteiger partial charge is 0.370 e. The van der Waals surface area contributed by atoms with Crippen molar-refractivity contribution in [3.8, 4) is 0 Å². The highest BCUT2D eigenvalue weighted by atomic mass is 19.1. The third-order valence-corrected chi connectivity index (χ3v) is 1.96. The van der Waals surface area contributed by atoms with Crippen molar-refractivity contribution in [2.24, 2.45) is 5.73 Å². The molecule has 2 N–H and O–H groups in total. The van der Waals surface area contributed by atoms with Crippen LogP contribution in [0.25, 0.3) is 0 Å². The van der Waals surface area contributed by atoms with Crippen LogP contribution < -0.4 is 5.73 Å². The summed E-state index contributed by atoms with van der Waals surface area (Å²) in [5.41, 5.74) is 5.43. The zero-order valence-corrected chi connectivity index (χ0v) is 7.76. The maximum atomic E-state index is 12.8. The molecule has 0 saturated heterocycles. The van der Waals surface area contributed by atoms with Crippen molar-refractivity contribution >= 4 is 5.91 Å². The molecule has 1 atom stereocenters. The number of primary amides is 1. The molecule has 0 aliphatic carbocycles. The number of hydrogen-bond donors (Lipinski definition) is 1. The highest BCUT2D eigenvalue weighted by Gasteiger charge is 2.10. The minimum absolute atomic E-state index is 0.0862. The van der Waals surface area contributed by atoms with E-state index < -0.39 is 17.5 Å². The fourth-order valence-electron chi connectivity index (χ4n) is 1.28. The zero-order valence-electron chi connectivity index (χ0n) is 7.76. The molecule has 14 heavy (non-hydrogen) atoms. The first-order chi connectivity index (χ1) is 6.49. The molecule has 0 aliphatic rings. The number of nitrogens with two attached hydrogens (primary N) is 1. The van der Waals surface area contributed by atoms with Crippen molar-refractivity contribution in [2.75, 3.05) is 0 Å². The summed E-state index contributed by atoms with van der Waals surface area (Å²) < 4.78 is 25.5. The smallest absolute Gasteiger partial charge is 0.218 e. The van der Waals surface area contributed by atoms with E-state index in [0.29, 0.717) is 5.56 Å². The number of carbonyl (C=O) groups excluding carboxylic acids is 1. The summed E-state index contributed by atoms with van der Waals surface area (Å²) in [4.78, 5) is 10.6. The lowest BCUT2D eigenvalue weighted by atomic mass is 9.97. The van der Waals surface area contributed by atoms with Crippen molar-refractivity contribution in [1.82, 2.24) is 0 Å². The second-order valence-corrected chi connectivity index (χ2v) is 3.27. The van der Waals surface area contributed by atoms with Gasteiger partial charge in [-0.15, -0.1) is 0 Å². The molecule has 0 bridgehead atoms. The Morgan fingerprint density at radius 2 is 1.86 bits per heavy atom. The summed E-state index contributed by atoms with van der Waals surface area (Å²) in [6.45, 7) is 1.69. The van der Waals surface area contributed by atoms with E-state index in [2.05, 4.69) is 0 Å². The first-order valence-corrected chi connectivity index (χ1v) is 4.23. The van der Waals surface area contributed by atoms with Gasteiger partial charge in [0.05, 0.1) is 0 Å². The Hall–Kier alpha value is -1.45. The van der Waals surface area contributed by atoms with E-state index in [9.17, 15) is 13.6 Å². The van der Waals surface area contributed by atoms with Crippen LogP contribution in [0.2, 0.25) is 0 Å². The topological polar surface area (TPSA) is 43.1 Å². The van der Waals surface area contributed by atoms with Gasteiger partial charge in [-0.3, -0.25) is 4.79 Å². The summed E-state index contributed by atoms with van der Waals surface area (Å²) in [5.74, 6) is -2.03. The first-order valence-electron chi connectivity index (χ1n) is 4.23. The summed E-state index contributed by atoms with van der Waals surface area (Å²) >= 11 is 0. The van der Waals surface area contributed by atoms with Crippen molar-refractivity contribution in [1.29, 1.82) is 0 Å². The van der Waals surface area contributed by atoms with Gasteiger partial charge < -0.3 is 5.73 Å². The van der Waals surface area contributed by atoms with E-state index in [4.69, 9.17) is 5.73 Å².